The van der Waals surface area contributed by atoms with E-state index in [1.54, 1.807) is 0 Å². The second-order valence-electron chi connectivity index (χ2n) is 4.70. The van der Waals surface area contributed by atoms with Crippen molar-refractivity contribution in [2.75, 3.05) is 17.2 Å². The molecular formula is C15H21NOS. The molecule has 1 saturated heterocycles. The van der Waals surface area contributed by atoms with Gasteiger partial charge in [0.15, 0.2) is 0 Å². The maximum absolute atomic E-state index is 11.3. The van der Waals surface area contributed by atoms with Crippen molar-refractivity contribution in [1.29, 1.82) is 0 Å². The van der Waals surface area contributed by atoms with Gasteiger partial charge in [-0.05, 0) is 36.4 Å². The van der Waals surface area contributed by atoms with Gasteiger partial charge >= 0.3 is 0 Å². The minimum absolute atomic E-state index is 0.245. The molecule has 0 unspecified atom stereocenters. The Morgan fingerprint density at radius 3 is 2.50 bits per heavy atom. The Kier molecular flexibility index (Phi) is 5.12. The number of β-lactam (4-membered cyclic amide) rings is 1. The quantitative estimate of drug-likeness (QED) is 0.419. The number of amides is 1. The Balaban J connectivity index is 1.75. The van der Waals surface area contributed by atoms with E-state index in [2.05, 4.69) is 31.2 Å². The van der Waals surface area contributed by atoms with Gasteiger partial charge in [0.2, 0.25) is 5.91 Å². The topological polar surface area (TPSA) is 20.3 Å². The molecule has 1 fully saturated rings. The molecule has 1 aromatic carbocycles. The second kappa shape index (κ2) is 6.83. The zero-order chi connectivity index (χ0) is 12.8. The van der Waals surface area contributed by atoms with E-state index in [0.29, 0.717) is 6.42 Å². The van der Waals surface area contributed by atoms with Crippen LogP contribution in [-0.2, 0) is 4.79 Å². The second-order valence-corrected chi connectivity index (χ2v) is 5.87. The first-order chi connectivity index (χ1) is 8.81. The Morgan fingerprint density at radius 1 is 1.17 bits per heavy atom. The number of carbonyl (C=O) groups excluding carboxylic acids is 1. The number of carbonyl (C=O) groups is 1. The van der Waals surface area contributed by atoms with E-state index in [9.17, 15) is 4.79 Å². The molecule has 1 amide bonds. The smallest absolute Gasteiger partial charge is 0.228 e. The number of unbranched alkanes of at least 4 members (excludes halogenated alkanes) is 3. The van der Waals surface area contributed by atoms with Crippen LogP contribution in [0.15, 0.2) is 29.2 Å². The minimum Gasteiger partial charge on any atom is -0.312 e. The summed E-state index contributed by atoms with van der Waals surface area (Å²) in [6.45, 7) is 3.12. The predicted octanol–water partition coefficient (Wildman–Crippen LogP) is 4.10. The lowest BCUT2D eigenvalue weighted by molar-refractivity contribution is -0.122. The largest absolute Gasteiger partial charge is 0.312 e. The fraction of sp³-hybridized carbons (Fsp3) is 0.533. The standard InChI is InChI=1S/C15H21NOS/c1-2-3-4-5-12-18-14-8-6-13(7-9-14)16-11-10-15(16)17/h6-9H,2-5,10-12H2,1H3. The van der Waals surface area contributed by atoms with Crippen LogP contribution < -0.4 is 4.90 Å². The van der Waals surface area contributed by atoms with Gasteiger partial charge in [0.25, 0.3) is 0 Å². The third kappa shape index (κ3) is 3.52. The fourth-order valence-corrected chi connectivity index (χ4v) is 2.94. The maximum Gasteiger partial charge on any atom is 0.228 e. The van der Waals surface area contributed by atoms with E-state index in [4.69, 9.17) is 0 Å². The Morgan fingerprint density at radius 2 is 1.94 bits per heavy atom. The molecule has 2 rings (SSSR count). The lowest BCUT2D eigenvalue weighted by Crippen LogP contribution is -2.43. The van der Waals surface area contributed by atoms with Crippen molar-refractivity contribution < 1.29 is 4.79 Å². The summed E-state index contributed by atoms with van der Waals surface area (Å²) < 4.78 is 0. The molecular weight excluding hydrogens is 242 g/mol. The van der Waals surface area contributed by atoms with Crippen LogP contribution in [0.25, 0.3) is 0 Å². The molecule has 0 aromatic heterocycles. The SMILES string of the molecule is CCCCCCSc1ccc(N2CCC2=O)cc1. The summed E-state index contributed by atoms with van der Waals surface area (Å²) in [5.41, 5.74) is 1.04. The van der Waals surface area contributed by atoms with Crippen molar-refractivity contribution in [2.24, 2.45) is 0 Å². The highest BCUT2D eigenvalue weighted by Crippen LogP contribution is 2.26. The van der Waals surface area contributed by atoms with Gasteiger partial charge < -0.3 is 4.90 Å². The van der Waals surface area contributed by atoms with E-state index >= 15 is 0 Å². The zero-order valence-electron chi connectivity index (χ0n) is 11.0. The van der Waals surface area contributed by atoms with E-state index in [-0.39, 0.29) is 5.91 Å². The van der Waals surface area contributed by atoms with Crippen molar-refractivity contribution in [3.05, 3.63) is 24.3 Å². The van der Waals surface area contributed by atoms with Crippen molar-refractivity contribution in [3.8, 4) is 0 Å². The number of nitrogens with zero attached hydrogens (tertiary/aromatic N) is 1. The van der Waals surface area contributed by atoms with Gasteiger partial charge in [0.1, 0.15) is 0 Å². The molecule has 0 bridgehead atoms. The van der Waals surface area contributed by atoms with Crippen LogP contribution in [0.4, 0.5) is 5.69 Å². The zero-order valence-corrected chi connectivity index (χ0v) is 11.8. The highest BCUT2D eigenvalue weighted by molar-refractivity contribution is 7.99. The highest BCUT2D eigenvalue weighted by Gasteiger charge is 2.24. The van der Waals surface area contributed by atoms with Crippen LogP contribution in [0, 0.1) is 0 Å². The van der Waals surface area contributed by atoms with E-state index in [1.807, 2.05) is 16.7 Å². The first kappa shape index (κ1) is 13.5. The van der Waals surface area contributed by atoms with Crippen molar-refractivity contribution >= 4 is 23.4 Å². The van der Waals surface area contributed by atoms with Crippen LogP contribution in [0.1, 0.15) is 39.0 Å². The van der Waals surface area contributed by atoms with E-state index < -0.39 is 0 Å². The average Bonchev–Trinajstić information content (AvgIpc) is 2.39. The average molecular weight is 263 g/mol. The monoisotopic (exact) mass is 263 g/mol. The molecule has 0 saturated carbocycles. The summed E-state index contributed by atoms with van der Waals surface area (Å²) in [5, 5.41) is 0. The van der Waals surface area contributed by atoms with Gasteiger partial charge in [0.05, 0.1) is 0 Å². The van der Waals surface area contributed by atoms with E-state index in [0.717, 1.165) is 12.2 Å². The first-order valence-electron chi connectivity index (χ1n) is 6.84. The van der Waals surface area contributed by atoms with Crippen LogP contribution in [0.5, 0.6) is 0 Å². The van der Waals surface area contributed by atoms with Gasteiger partial charge in [-0.3, -0.25) is 4.79 Å². The maximum atomic E-state index is 11.3. The fourth-order valence-electron chi connectivity index (χ4n) is 2.03. The van der Waals surface area contributed by atoms with Crippen molar-refractivity contribution in [1.82, 2.24) is 0 Å². The number of rotatable bonds is 7. The number of anilines is 1. The molecule has 0 aliphatic carbocycles. The van der Waals surface area contributed by atoms with E-state index in [1.165, 1.54) is 36.3 Å². The first-order valence-corrected chi connectivity index (χ1v) is 7.83. The Bertz CT molecular complexity index is 388. The molecule has 18 heavy (non-hydrogen) atoms. The molecule has 1 aliphatic rings. The van der Waals surface area contributed by atoms with Gasteiger partial charge in [0, 0.05) is 23.5 Å². The summed E-state index contributed by atoms with van der Waals surface area (Å²) in [5.74, 6) is 1.44. The molecule has 3 heteroatoms. The minimum atomic E-state index is 0.245. The normalized spacial score (nSPS) is 14.7. The Labute approximate surface area is 114 Å². The van der Waals surface area contributed by atoms with Crippen LogP contribution in [0.2, 0.25) is 0 Å². The third-order valence-electron chi connectivity index (χ3n) is 3.27. The summed E-state index contributed by atoms with van der Waals surface area (Å²) in [6.07, 6.45) is 5.97. The predicted molar refractivity (Wildman–Crippen MR) is 78.3 cm³/mol. The molecule has 1 aromatic rings. The van der Waals surface area contributed by atoms with Gasteiger partial charge in [-0.25, -0.2) is 0 Å². The van der Waals surface area contributed by atoms with Gasteiger partial charge in [-0.2, -0.15) is 0 Å². The molecule has 1 heterocycles. The molecule has 2 nitrogen and oxygen atoms in total. The number of benzene rings is 1. The molecule has 1 aliphatic heterocycles. The lowest BCUT2D eigenvalue weighted by atomic mass is 10.1. The summed E-state index contributed by atoms with van der Waals surface area (Å²) in [6, 6.07) is 8.38. The number of hydrogen-bond acceptors (Lipinski definition) is 2. The van der Waals surface area contributed by atoms with Crippen molar-refractivity contribution in [2.45, 2.75) is 43.9 Å². The molecule has 0 radical (unpaired) electrons. The number of hydrogen-bond donors (Lipinski definition) is 0. The molecule has 98 valence electrons. The summed E-state index contributed by atoms with van der Waals surface area (Å²) >= 11 is 1.91. The third-order valence-corrected chi connectivity index (χ3v) is 4.36. The highest BCUT2D eigenvalue weighted by atomic mass is 32.2. The Hall–Kier alpha value is -0.960. The molecule has 0 atom stereocenters. The van der Waals surface area contributed by atoms with Crippen molar-refractivity contribution in [3.63, 3.8) is 0 Å². The molecule has 0 N–H and O–H groups in total. The van der Waals surface area contributed by atoms with Crippen LogP contribution in [0.3, 0.4) is 0 Å². The van der Waals surface area contributed by atoms with Gasteiger partial charge in [-0.1, -0.05) is 26.2 Å². The van der Waals surface area contributed by atoms with Crippen LogP contribution in [-0.4, -0.2) is 18.2 Å². The van der Waals surface area contributed by atoms with Crippen LogP contribution >= 0.6 is 11.8 Å². The van der Waals surface area contributed by atoms with Gasteiger partial charge in [-0.15, -0.1) is 11.8 Å². The lowest BCUT2D eigenvalue weighted by Gasteiger charge is -2.30. The summed E-state index contributed by atoms with van der Waals surface area (Å²) in [4.78, 5) is 14.5. The number of thioether (sulfide) groups is 1. The molecule has 0 spiro atoms. The summed E-state index contributed by atoms with van der Waals surface area (Å²) in [7, 11) is 0.